The number of sulfone groups is 1. The van der Waals surface area contributed by atoms with Gasteiger partial charge < -0.3 is 19.9 Å². The molecule has 11 heteroatoms. The molecule has 2 aliphatic rings. The second kappa shape index (κ2) is 9.92. The summed E-state index contributed by atoms with van der Waals surface area (Å²) in [5.74, 6) is -0.457. The third-order valence-corrected chi connectivity index (χ3v) is 8.54. The predicted molar refractivity (Wildman–Crippen MR) is 133 cm³/mol. The van der Waals surface area contributed by atoms with Gasteiger partial charge in [0.1, 0.15) is 12.1 Å². The first kappa shape index (κ1) is 25.4. The smallest absolute Gasteiger partial charge is 0.408 e. The molecule has 1 N–H and O–H groups in total. The summed E-state index contributed by atoms with van der Waals surface area (Å²) in [6.45, 7) is 10.8. The van der Waals surface area contributed by atoms with E-state index in [-0.39, 0.29) is 29.3 Å². The number of hydrogen-bond donors (Lipinski definition) is 1. The van der Waals surface area contributed by atoms with E-state index in [4.69, 9.17) is 4.74 Å². The number of amidine groups is 1. The van der Waals surface area contributed by atoms with E-state index in [0.717, 1.165) is 24.5 Å². The maximum absolute atomic E-state index is 12.5. The van der Waals surface area contributed by atoms with Gasteiger partial charge in [0, 0.05) is 29.7 Å². The minimum absolute atomic E-state index is 0.0197. The summed E-state index contributed by atoms with van der Waals surface area (Å²) in [6, 6.07) is 7.56. The third kappa shape index (κ3) is 6.41. The zero-order valence-corrected chi connectivity index (χ0v) is 21.3. The zero-order valence-electron chi connectivity index (χ0n) is 19.7. The minimum atomic E-state index is -3.15. The van der Waals surface area contributed by atoms with Crippen LogP contribution in [0.2, 0.25) is 0 Å². The van der Waals surface area contributed by atoms with Crippen molar-refractivity contribution in [1.29, 1.82) is 0 Å². The Balaban J connectivity index is 1.80. The Morgan fingerprint density at radius 1 is 1.18 bits per heavy atom. The molecule has 2 unspecified atom stereocenters. The van der Waals surface area contributed by atoms with Gasteiger partial charge in [-0.3, -0.25) is 4.79 Å². The molecule has 2 fully saturated rings. The molecule has 0 aliphatic carbocycles. The molecule has 0 aromatic heterocycles. The number of thioether (sulfide) groups is 1. The summed E-state index contributed by atoms with van der Waals surface area (Å²) in [7, 11) is -3.15. The Bertz CT molecular complexity index is 1010. The van der Waals surface area contributed by atoms with E-state index >= 15 is 0 Å². The van der Waals surface area contributed by atoms with Crippen molar-refractivity contribution >= 4 is 50.1 Å². The Morgan fingerprint density at radius 2 is 1.82 bits per heavy atom. The molecule has 2 amide bonds. The van der Waals surface area contributed by atoms with Crippen LogP contribution in [-0.4, -0.2) is 73.6 Å². The fraction of sp³-hybridized carbons (Fsp3) is 0.591. The molecule has 2 aliphatic heterocycles. The molecule has 0 saturated carbocycles. The fourth-order valence-electron chi connectivity index (χ4n) is 3.89. The molecule has 0 bridgehead atoms. The van der Waals surface area contributed by atoms with E-state index in [1.54, 1.807) is 20.8 Å². The summed E-state index contributed by atoms with van der Waals surface area (Å²) in [5, 5.41) is 2.68. The fourth-order valence-corrected chi connectivity index (χ4v) is 7.82. The molecule has 0 radical (unpaired) electrons. The Kier molecular flexibility index (Phi) is 7.62. The SMILES string of the molecule is CCN(CC)c1ccc(N2C(=NC(=O)CNC(=O)OC(C)(C)C)SC3CS(=O)(=O)CC32)cc1. The molecule has 9 nitrogen and oxygen atoms in total. The number of anilines is 2. The molecule has 1 aromatic rings. The lowest BCUT2D eigenvalue weighted by Gasteiger charge is -2.26. The third-order valence-electron chi connectivity index (χ3n) is 5.33. The van der Waals surface area contributed by atoms with Gasteiger partial charge in [0.15, 0.2) is 15.0 Å². The van der Waals surface area contributed by atoms with Crippen LogP contribution in [0, 0.1) is 0 Å². The molecule has 3 rings (SSSR count). The van der Waals surface area contributed by atoms with Crippen molar-refractivity contribution in [2.75, 3.05) is 40.9 Å². The van der Waals surface area contributed by atoms with E-state index in [9.17, 15) is 18.0 Å². The number of fused-ring (bicyclic) bond motifs is 1. The summed E-state index contributed by atoms with van der Waals surface area (Å²) < 4.78 is 29.6. The zero-order chi connectivity index (χ0) is 24.4. The number of amides is 2. The Labute approximate surface area is 199 Å². The molecule has 33 heavy (non-hydrogen) atoms. The van der Waals surface area contributed by atoms with Gasteiger partial charge >= 0.3 is 6.09 Å². The van der Waals surface area contributed by atoms with Crippen LogP contribution >= 0.6 is 11.8 Å². The quantitative estimate of drug-likeness (QED) is 0.640. The number of nitrogens with zero attached hydrogens (tertiary/aromatic N) is 3. The number of alkyl carbamates (subject to hydrolysis) is 1. The monoisotopic (exact) mass is 496 g/mol. The van der Waals surface area contributed by atoms with Gasteiger partial charge in [-0.05, 0) is 58.9 Å². The van der Waals surface area contributed by atoms with Crippen LogP contribution in [0.4, 0.5) is 16.2 Å². The highest BCUT2D eigenvalue weighted by Gasteiger charge is 2.49. The highest BCUT2D eigenvalue weighted by Crippen LogP contribution is 2.41. The standard InChI is InChI=1S/C22H32N4O5S2/c1-6-25(7-2)15-8-10-16(11-9-15)26-17-13-33(29,30)14-18(17)32-20(26)24-19(27)12-23-21(28)31-22(3,4)5/h8-11,17-18H,6-7,12-14H2,1-5H3,(H,23,28). The lowest BCUT2D eigenvalue weighted by Crippen LogP contribution is -2.38. The Morgan fingerprint density at radius 3 is 2.39 bits per heavy atom. The highest BCUT2D eigenvalue weighted by molar-refractivity contribution is 8.16. The van der Waals surface area contributed by atoms with Gasteiger partial charge in [0.05, 0.1) is 17.5 Å². The molecule has 1 aromatic carbocycles. The van der Waals surface area contributed by atoms with E-state index in [0.29, 0.717) is 5.17 Å². The van der Waals surface area contributed by atoms with Crippen molar-refractivity contribution < 1.29 is 22.7 Å². The van der Waals surface area contributed by atoms with Crippen LogP contribution in [0.1, 0.15) is 34.6 Å². The number of ether oxygens (including phenoxy) is 1. The topological polar surface area (TPSA) is 108 Å². The number of benzene rings is 1. The summed E-state index contributed by atoms with van der Waals surface area (Å²) >= 11 is 1.30. The molecule has 0 spiro atoms. The first-order chi connectivity index (χ1) is 15.4. The van der Waals surface area contributed by atoms with Crippen molar-refractivity contribution in [3.63, 3.8) is 0 Å². The number of carbonyl (C=O) groups is 2. The second-order valence-electron chi connectivity index (χ2n) is 9.00. The second-order valence-corrected chi connectivity index (χ2v) is 12.4. The van der Waals surface area contributed by atoms with Crippen molar-refractivity contribution in [2.45, 2.75) is 51.5 Å². The minimum Gasteiger partial charge on any atom is -0.444 e. The first-order valence-corrected chi connectivity index (χ1v) is 13.7. The van der Waals surface area contributed by atoms with Crippen molar-refractivity contribution in [2.24, 2.45) is 4.99 Å². The normalized spacial score (nSPS) is 22.8. The van der Waals surface area contributed by atoms with E-state index in [2.05, 4.69) is 29.1 Å². The van der Waals surface area contributed by atoms with Crippen LogP contribution in [-0.2, 0) is 19.4 Å². The maximum atomic E-state index is 12.5. The van der Waals surface area contributed by atoms with Gasteiger partial charge in [0.2, 0.25) is 0 Å². The predicted octanol–water partition coefficient (Wildman–Crippen LogP) is 2.66. The number of nitrogens with one attached hydrogen (secondary N) is 1. The highest BCUT2D eigenvalue weighted by atomic mass is 32.2. The van der Waals surface area contributed by atoms with Gasteiger partial charge in [0.25, 0.3) is 5.91 Å². The van der Waals surface area contributed by atoms with E-state index in [1.165, 1.54) is 11.8 Å². The number of carbonyl (C=O) groups excluding carboxylic acids is 2. The van der Waals surface area contributed by atoms with Gasteiger partial charge in [-0.25, -0.2) is 13.2 Å². The lowest BCUT2D eigenvalue weighted by atomic mass is 10.2. The van der Waals surface area contributed by atoms with Crippen LogP contribution in [0.5, 0.6) is 0 Å². The average molecular weight is 497 g/mol. The van der Waals surface area contributed by atoms with E-state index < -0.39 is 27.4 Å². The van der Waals surface area contributed by atoms with Crippen molar-refractivity contribution in [3.8, 4) is 0 Å². The van der Waals surface area contributed by atoms with Crippen LogP contribution in [0.15, 0.2) is 29.3 Å². The molecule has 2 heterocycles. The van der Waals surface area contributed by atoms with Gasteiger partial charge in [-0.15, -0.1) is 0 Å². The summed E-state index contributed by atoms with van der Waals surface area (Å²) in [5.41, 5.74) is 1.19. The summed E-state index contributed by atoms with van der Waals surface area (Å²) in [4.78, 5) is 32.6. The maximum Gasteiger partial charge on any atom is 0.408 e. The van der Waals surface area contributed by atoms with E-state index in [1.807, 2.05) is 29.2 Å². The molecule has 182 valence electrons. The van der Waals surface area contributed by atoms with Crippen molar-refractivity contribution in [3.05, 3.63) is 24.3 Å². The first-order valence-electron chi connectivity index (χ1n) is 11.0. The number of hydrogen-bond acceptors (Lipinski definition) is 7. The van der Waals surface area contributed by atoms with Gasteiger partial charge in [-0.2, -0.15) is 4.99 Å². The van der Waals surface area contributed by atoms with Crippen LogP contribution in [0.3, 0.4) is 0 Å². The largest absolute Gasteiger partial charge is 0.444 e. The summed E-state index contributed by atoms with van der Waals surface area (Å²) in [6.07, 6.45) is -0.693. The van der Waals surface area contributed by atoms with Crippen LogP contribution in [0.25, 0.3) is 0 Å². The van der Waals surface area contributed by atoms with Crippen LogP contribution < -0.4 is 15.1 Å². The average Bonchev–Trinajstić information content (AvgIpc) is 3.17. The molecular weight excluding hydrogens is 464 g/mol. The molecule has 2 atom stereocenters. The van der Waals surface area contributed by atoms with Gasteiger partial charge in [-0.1, -0.05) is 11.8 Å². The molecule has 2 saturated heterocycles. The van der Waals surface area contributed by atoms with Crippen molar-refractivity contribution in [1.82, 2.24) is 5.32 Å². The number of rotatable bonds is 6. The number of aliphatic imine (C=N–C) groups is 1. The lowest BCUT2D eigenvalue weighted by molar-refractivity contribution is -0.117. The Hall–Kier alpha value is -2.27. The molecular formula is C22H32N4O5S2.